The van der Waals surface area contributed by atoms with E-state index < -0.39 is 120 Å². The van der Waals surface area contributed by atoms with E-state index in [0.717, 1.165) is 0 Å². The summed E-state index contributed by atoms with van der Waals surface area (Å²) < 4.78 is 41.8. The van der Waals surface area contributed by atoms with Crippen molar-refractivity contribution in [3.8, 4) is 0 Å². The molecule has 0 unspecified atom stereocenters. The van der Waals surface area contributed by atoms with Crippen molar-refractivity contribution >= 4 is 7.82 Å². The fourth-order valence-corrected chi connectivity index (χ4v) is 4.70. The van der Waals surface area contributed by atoms with Gasteiger partial charge in [-0.2, -0.15) is 0 Å². The maximum absolute atomic E-state index is 11.1. The maximum Gasteiger partial charge on any atom is 0.472 e. The summed E-state index contributed by atoms with van der Waals surface area (Å²) in [6, 6.07) is 0. The number of aliphatic hydroxyl groups is 10. The van der Waals surface area contributed by atoms with E-state index in [0.29, 0.717) is 0 Å². The van der Waals surface area contributed by atoms with Crippen LogP contribution in [-0.4, -0.2) is 173 Å². The lowest BCUT2D eigenvalue weighted by Crippen LogP contribution is -2.66. The largest absolute Gasteiger partial charge is 0.472 e. The van der Waals surface area contributed by atoms with Gasteiger partial charge >= 0.3 is 7.82 Å². The first kappa shape index (κ1) is 32.0. The first-order chi connectivity index (χ1) is 17.7. The number of phosphoric acid groups is 1. The molecule has 0 saturated carbocycles. The third kappa shape index (κ3) is 6.86. The van der Waals surface area contributed by atoms with Crippen molar-refractivity contribution in [3.63, 3.8) is 0 Å². The van der Waals surface area contributed by atoms with E-state index in [4.69, 9.17) is 33.5 Å². The summed E-state index contributed by atoms with van der Waals surface area (Å²) in [5.74, 6) is 0. The summed E-state index contributed by atoms with van der Waals surface area (Å²) in [5, 5.41) is 101. The van der Waals surface area contributed by atoms with E-state index in [1.54, 1.807) is 0 Å². The van der Waals surface area contributed by atoms with Crippen LogP contribution in [0.1, 0.15) is 0 Å². The molecule has 3 rings (SSSR count). The highest BCUT2D eigenvalue weighted by Crippen LogP contribution is 2.41. The minimum atomic E-state index is -5.20. The molecule has 38 heavy (non-hydrogen) atoms. The molecule has 3 heterocycles. The molecule has 0 aliphatic carbocycles. The minimum Gasteiger partial charge on any atom is -0.394 e. The van der Waals surface area contributed by atoms with Crippen LogP contribution in [0, 0.1) is 0 Å². The fourth-order valence-electron chi connectivity index (χ4n) is 4.26. The predicted molar refractivity (Wildman–Crippen MR) is 112 cm³/mol. The van der Waals surface area contributed by atoms with Gasteiger partial charge in [0.1, 0.15) is 73.2 Å². The molecule has 20 heteroatoms. The van der Waals surface area contributed by atoms with Crippen LogP contribution in [0.4, 0.5) is 0 Å². The van der Waals surface area contributed by atoms with E-state index >= 15 is 0 Å². The Labute approximate surface area is 214 Å². The molecule has 0 aromatic rings. The molecule has 0 amide bonds. The van der Waals surface area contributed by atoms with Crippen molar-refractivity contribution in [2.75, 3.05) is 19.8 Å². The molecule has 12 N–H and O–H groups in total. The van der Waals surface area contributed by atoms with Crippen molar-refractivity contribution in [2.24, 2.45) is 0 Å². The highest BCUT2D eigenvalue weighted by molar-refractivity contribution is 7.46. The molecule has 3 saturated heterocycles. The second kappa shape index (κ2) is 13.0. The monoisotopic (exact) mass is 584 g/mol. The molecule has 15 atom stereocenters. The van der Waals surface area contributed by atoms with Gasteiger partial charge in [0.15, 0.2) is 18.9 Å². The van der Waals surface area contributed by atoms with Crippen LogP contribution < -0.4 is 0 Å². The van der Waals surface area contributed by atoms with Crippen LogP contribution in [0.25, 0.3) is 0 Å². The normalized spacial score (nSPS) is 48.7. The molecule has 3 aliphatic rings. The molecule has 0 radical (unpaired) electrons. The van der Waals surface area contributed by atoms with Crippen LogP contribution >= 0.6 is 7.82 Å². The molecule has 0 spiro atoms. The number of hydrogen-bond acceptors (Lipinski definition) is 17. The first-order valence-electron chi connectivity index (χ1n) is 11.3. The van der Waals surface area contributed by atoms with Gasteiger partial charge in [0.25, 0.3) is 0 Å². The van der Waals surface area contributed by atoms with Gasteiger partial charge in [0.2, 0.25) is 0 Å². The predicted octanol–water partition coefficient (Wildman–Crippen LogP) is -7.46. The van der Waals surface area contributed by atoms with Crippen LogP contribution in [0.15, 0.2) is 0 Å². The number of phosphoric ester groups is 1. The number of hydrogen-bond donors (Lipinski definition) is 12. The van der Waals surface area contributed by atoms with Crippen LogP contribution in [0.5, 0.6) is 0 Å². The molecule has 224 valence electrons. The van der Waals surface area contributed by atoms with Gasteiger partial charge in [0, 0.05) is 0 Å². The standard InChI is InChI=1S/C18H33O19P/c19-1-4-7(22)9(24)11(26)16(32-4)36-15-8(23)5(2-20)33-17(13(15)28)35-14-6(3-21)34-18(12(27)10(14)25)37-38(29,30)31/h4-28H,1-3H2,(H2,29,30,31)/t4-,5-,6-,7+,8+,9+,10-,11-,12+,13-,14-,15+,16+,17+,18+/m1/s1. The van der Waals surface area contributed by atoms with Gasteiger partial charge in [-0.1, -0.05) is 0 Å². The molecule has 0 bridgehead atoms. The quantitative estimate of drug-likeness (QED) is 0.112. The molecular formula is C18H33O19P. The number of ether oxygens (including phenoxy) is 5. The van der Waals surface area contributed by atoms with Crippen molar-refractivity contribution < 1.29 is 93.6 Å². The van der Waals surface area contributed by atoms with E-state index in [2.05, 4.69) is 4.52 Å². The van der Waals surface area contributed by atoms with Crippen molar-refractivity contribution in [2.45, 2.75) is 92.1 Å². The third-order valence-corrected chi connectivity index (χ3v) is 6.80. The minimum absolute atomic E-state index is 0.800. The molecule has 0 aromatic carbocycles. The van der Waals surface area contributed by atoms with Gasteiger partial charge < -0.3 is 84.5 Å². The lowest BCUT2D eigenvalue weighted by atomic mass is 9.96. The summed E-state index contributed by atoms with van der Waals surface area (Å²) >= 11 is 0. The zero-order valence-corrected chi connectivity index (χ0v) is 20.3. The summed E-state index contributed by atoms with van der Waals surface area (Å²) in [5.41, 5.74) is 0. The Kier molecular flexibility index (Phi) is 11.0. The average Bonchev–Trinajstić information content (AvgIpc) is 2.86. The smallest absolute Gasteiger partial charge is 0.394 e. The Balaban J connectivity index is 1.78. The average molecular weight is 584 g/mol. The van der Waals surface area contributed by atoms with Crippen LogP contribution in [0.3, 0.4) is 0 Å². The van der Waals surface area contributed by atoms with Gasteiger partial charge in [-0.3, -0.25) is 4.52 Å². The SMILES string of the molecule is O=P(O)(O)O[C@@H]1O[C@H](CO)[C@@H](O[C@@H]2O[C@H](CO)[C@H](O)[C@H](O[C@@H]3O[C@H](CO)[C@H](O)[C@H](O)[C@H]3O)[C@H]2O)[C@H](O)[C@@H]1O. The molecular weight excluding hydrogens is 551 g/mol. The second-order valence-electron chi connectivity index (χ2n) is 8.91. The second-order valence-corrected chi connectivity index (χ2v) is 10.1. The summed E-state index contributed by atoms with van der Waals surface area (Å²) in [4.78, 5) is 17.9. The Morgan fingerprint density at radius 3 is 1.50 bits per heavy atom. The van der Waals surface area contributed by atoms with E-state index in [-0.39, 0.29) is 0 Å². The maximum atomic E-state index is 11.1. The highest BCUT2D eigenvalue weighted by atomic mass is 31.2. The Hall–Kier alpha value is -0.490. The molecule has 3 aliphatic heterocycles. The molecule has 19 nitrogen and oxygen atoms in total. The Morgan fingerprint density at radius 2 is 0.974 bits per heavy atom. The third-order valence-electron chi connectivity index (χ3n) is 6.31. The van der Waals surface area contributed by atoms with Gasteiger partial charge in [0.05, 0.1) is 19.8 Å². The van der Waals surface area contributed by atoms with Crippen LogP contribution in [-0.2, 0) is 32.8 Å². The van der Waals surface area contributed by atoms with E-state index in [9.17, 15) is 55.6 Å². The molecule has 3 fully saturated rings. The van der Waals surface area contributed by atoms with E-state index in [1.165, 1.54) is 0 Å². The summed E-state index contributed by atoms with van der Waals surface area (Å²) in [6.07, 6.45) is -27.4. The van der Waals surface area contributed by atoms with Crippen molar-refractivity contribution in [1.82, 2.24) is 0 Å². The molecule has 0 aromatic heterocycles. The number of aliphatic hydroxyl groups excluding tert-OH is 10. The highest BCUT2D eigenvalue weighted by Gasteiger charge is 2.54. The van der Waals surface area contributed by atoms with Crippen molar-refractivity contribution in [3.05, 3.63) is 0 Å². The lowest BCUT2D eigenvalue weighted by molar-refractivity contribution is -0.378. The van der Waals surface area contributed by atoms with Gasteiger partial charge in [-0.15, -0.1) is 0 Å². The van der Waals surface area contributed by atoms with Gasteiger partial charge in [-0.05, 0) is 0 Å². The van der Waals surface area contributed by atoms with Gasteiger partial charge in [-0.25, -0.2) is 4.57 Å². The summed E-state index contributed by atoms with van der Waals surface area (Å²) in [6.45, 7) is -2.63. The first-order valence-corrected chi connectivity index (χ1v) is 12.9. The summed E-state index contributed by atoms with van der Waals surface area (Å²) in [7, 11) is -5.20. The fraction of sp³-hybridized carbons (Fsp3) is 1.00. The number of rotatable bonds is 9. The zero-order chi connectivity index (χ0) is 28.5. The topological polar surface area (TPSA) is 315 Å². The lowest BCUT2D eigenvalue weighted by Gasteiger charge is -2.48. The Bertz CT molecular complexity index is 796. The zero-order valence-electron chi connectivity index (χ0n) is 19.5. The van der Waals surface area contributed by atoms with Crippen LogP contribution in [0.2, 0.25) is 0 Å². The Morgan fingerprint density at radius 1 is 0.526 bits per heavy atom. The van der Waals surface area contributed by atoms with Crippen molar-refractivity contribution in [1.29, 1.82) is 0 Å². The van der Waals surface area contributed by atoms with E-state index in [1.807, 2.05) is 0 Å².